The van der Waals surface area contributed by atoms with Crippen molar-refractivity contribution in [2.45, 2.75) is 26.2 Å². The van der Waals surface area contributed by atoms with Gasteiger partial charge in [-0.1, -0.05) is 17.7 Å². The van der Waals surface area contributed by atoms with Crippen molar-refractivity contribution in [1.82, 2.24) is 15.2 Å². The lowest BCUT2D eigenvalue weighted by Gasteiger charge is -2.35. The Hall–Kier alpha value is -3.35. The number of nitrogens with one attached hydrogen (secondary N) is 1. The standard InChI is InChI=1S/C25H28N4O3/c1-17-3-5-20(6-4-17)28(2)24(31)29-11-8-25(9-12-29)14-19(25)15-27-23(30)21-13-18-7-10-26-16-22(18)32-21/h3-7,10,13,16,19H,8-9,11-12,14-15H2,1-2H3,(H,27,30). The lowest BCUT2D eigenvalue weighted by Crippen LogP contribution is -2.46. The van der Waals surface area contributed by atoms with E-state index in [1.54, 1.807) is 23.4 Å². The molecule has 1 aliphatic carbocycles. The Morgan fingerprint density at radius 2 is 1.97 bits per heavy atom. The summed E-state index contributed by atoms with van der Waals surface area (Å²) in [5.41, 5.74) is 2.96. The number of fused-ring (bicyclic) bond motifs is 1. The van der Waals surface area contributed by atoms with Crippen molar-refractivity contribution in [3.8, 4) is 0 Å². The van der Waals surface area contributed by atoms with E-state index in [1.165, 1.54) is 5.56 Å². The number of benzene rings is 1. The summed E-state index contributed by atoms with van der Waals surface area (Å²) in [6.45, 7) is 4.20. The van der Waals surface area contributed by atoms with Gasteiger partial charge in [-0.2, -0.15) is 0 Å². The largest absolute Gasteiger partial charge is 0.449 e. The van der Waals surface area contributed by atoms with E-state index in [0.717, 1.165) is 43.4 Å². The predicted molar refractivity (Wildman–Crippen MR) is 123 cm³/mol. The molecule has 7 heteroatoms. The van der Waals surface area contributed by atoms with E-state index in [2.05, 4.69) is 10.3 Å². The third-order valence-corrected chi connectivity index (χ3v) is 7.15. The molecule has 0 radical (unpaired) electrons. The monoisotopic (exact) mass is 432 g/mol. The Morgan fingerprint density at radius 1 is 1.22 bits per heavy atom. The number of hydrogen-bond acceptors (Lipinski definition) is 4. The number of aryl methyl sites for hydroxylation is 1. The zero-order valence-electron chi connectivity index (χ0n) is 18.5. The number of likely N-dealkylation sites (tertiary alicyclic amines) is 1. The van der Waals surface area contributed by atoms with Crippen LogP contribution in [0.15, 0.2) is 53.2 Å². The second-order valence-electron chi connectivity index (χ2n) is 9.16. The van der Waals surface area contributed by atoms with E-state index in [4.69, 9.17) is 4.42 Å². The number of rotatable bonds is 4. The number of hydrogen-bond donors (Lipinski definition) is 1. The number of urea groups is 1. The van der Waals surface area contributed by atoms with Crippen LogP contribution < -0.4 is 10.2 Å². The highest BCUT2D eigenvalue weighted by molar-refractivity contribution is 5.96. The molecule has 0 bridgehead atoms. The van der Waals surface area contributed by atoms with Gasteiger partial charge < -0.3 is 14.6 Å². The number of anilines is 1. The molecule has 2 fully saturated rings. The molecule has 1 aromatic carbocycles. The molecule has 32 heavy (non-hydrogen) atoms. The minimum absolute atomic E-state index is 0.0496. The fourth-order valence-corrected chi connectivity index (χ4v) is 4.87. The second-order valence-corrected chi connectivity index (χ2v) is 9.16. The van der Waals surface area contributed by atoms with Gasteiger partial charge in [-0.15, -0.1) is 0 Å². The molecule has 1 saturated carbocycles. The van der Waals surface area contributed by atoms with Gasteiger partial charge in [-0.3, -0.25) is 14.7 Å². The quantitative estimate of drug-likeness (QED) is 0.669. The van der Waals surface area contributed by atoms with Crippen LogP contribution in [0.5, 0.6) is 0 Å². The number of carbonyl (C=O) groups is 2. The molecule has 1 atom stereocenters. The van der Waals surface area contributed by atoms with E-state index < -0.39 is 0 Å². The first-order valence-corrected chi connectivity index (χ1v) is 11.2. The van der Waals surface area contributed by atoms with Gasteiger partial charge in [0.1, 0.15) is 0 Å². The maximum Gasteiger partial charge on any atom is 0.324 e. The number of nitrogens with zero attached hydrogens (tertiary/aromatic N) is 3. The molecular formula is C25H28N4O3. The molecule has 1 N–H and O–H groups in total. The van der Waals surface area contributed by atoms with Crippen LogP contribution in [0.25, 0.3) is 11.0 Å². The second kappa shape index (κ2) is 7.97. The molecule has 1 spiro atoms. The highest BCUT2D eigenvalue weighted by atomic mass is 16.3. The van der Waals surface area contributed by atoms with Crippen molar-refractivity contribution in [2.24, 2.45) is 11.3 Å². The number of carbonyl (C=O) groups excluding carboxylic acids is 2. The molecule has 2 aromatic heterocycles. The van der Waals surface area contributed by atoms with Crippen molar-refractivity contribution in [3.63, 3.8) is 0 Å². The minimum Gasteiger partial charge on any atom is -0.449 e. The van der Waals surface area contributed by atoms with Gasteiger partial charge >= 0.3 is 6.03 Å². The molecule has 7 nitrogen and oxygen atoms in total. The van der Waals surface area contributed by atoms with Crippen LogP contribution in [-0.2, 0) is 0 Å². The van der Waals surface area contributed by atoms with Crippen molar-refractivity contribution in [3.05, 3.63) is 60.1 Å². The number of pyridine rings is 1. The van der Waals surface area contributed by atoms with Gasteiger partial charge in [0, 0.05) is 44.0 Å². The molecule has 166 valence electrons. The molecule has 3 amide bonds. The summed E-state index contributed by atoms with van der Waals surface area (Å²) in [6.07, 6.45) is 6.37. The molecular weight excluding hydrogens is 404 g/mol. The Labute approximate surface area is 187 Å². The SMILES string of the molecule is Cc1ccc(N(C)C(=O)N2CCC3(CC2)CC3CNC(=O)c2cc3ccncc3o2)cc1. The highest BCUT2D eigenvalue weighted by Gasteiger charge is 2.55. The van der Waals surface area contributed by atoms with Gasteiger partial charge in [0.25, 0.3) is 5.91 Å². The molecule has 2 aliphatic rings. The Morgan fingerprint density at radius 3 is 2.69 bits per heavy atom. The fraction of sp³-hybridized carbons (Fsp3) is 0.400. The summed E-state index contributed by atoms with van der Waals surface area (Å²) >= 11 is 0. The van der Waals surface area contributed by atoms with Gasteiger partial charge in [0.15, 0.2) is 11.3 Å². The molecule has 1 saturated heterocycles. The van der Waals surface area contributed by atoms with Gasteiger partial charge in [-0.25, -0.2) is 4.79 Å². The van der Waals surface area contributed by atoms with E-state index in [0.29, 0.717) is 23.8 Å². The van der Waals surface area contributed by atoms with Crippen molar-refractivity contribution < 1.29 is 14.0 Å². The van der Waals surface area contributed by atoms with Gasteiger partial charge in [0.05, 0.1) is 6.20 Å². The first kappa shape index (κ1) is 20.5. The molecule has 3 heterocycles. The highest BCUT2D eigenvalue weighted by Crippen LogP contribution is 2.59. The van der Waals surface area contributed by atoms with Crippen LogP contribution in [0.2, 0.25) is 0 Å². The topological polar surface area (TPSA) is 78.7 Å². The number of amides is 3. The molecule has 5 rings (SSSR count). The van der Waals surface area contributed by atoms with Crippen molar-refractivity contribution in [2.75, 3.05) is 31.6 Å². The summed E-state index contributed by atoms with van der Waals surface area (Å²) in [6, 6.07) is 11.6. The van der Waals surface area contributed by atoms with Crippen LogP contribution in [0.4, 0.5) is 10.5 Å². The van der Waals surface area contributed by atoms with Crippen LogP contribution in [0.3, 0.4) is 0 Å². The Kier molecular flexibility index (Phi) is 5.12. The average Bonchev–Trinajstić information content (AvgIpc) is 3.28. The third-order valence-electron chi connectivity index (χ3n) is 7.15. The van der Waals surface area contributed by atoms with Crippen LogP contribution in [0, 0.1) is 18.3 Å². The average molecular weight is 433 g/mol. The number of furan rings is 1. The molecule has 3 aromatic rings. The lowest BCUT2D eigenvalue weighted by molar-refractivity contribution is 0.0922. The van der Waals surface area contributed by atoms with E-state index in [1.807, 2.05) is 49.2 Å². The van der Waals surface area contributed by atoms with E-state index in [-0.39, 0.29) is 17.4 Å². The van der Waals surface area contributed by atoms with E-state index >= 15 is 0 Å². The molecule has 1 aliphatic heterocycles. The van der Waals surface area contributed by atoms with Crippen LogP contribution in [-0.4, -0.2) is 48.5 Å². The van der Waals surface area contributed by atoms with Gasteiger partial charge in [-0.05, 0) is 61.8 Å². The normalized spacial score (nSPS) is 19.2. The summed E-state index contributed by atoms with van der Waals surface area (Å²) < 4.78 is 5.60. The van der Waals surface area contributed by atoms with E-state index in [9.17, 15) is 9.59 Å². The Bertz CT molecular complexity index is 1110. The third kappa shape index (κ3) is 3.83. The van der Waals surface area contributed by atoms with Crippen LogP contribution >= 0.6 is 0 Å². The summed E-state index contributed by atoms with van der Waals surface area (Å²) in [5.74, 6) is 0.599. The Balaban J connectivity index is 1.12. The van der Waals surface area contributed by atoms with Crippen LogP contribution in [0.1, 0.15) is 35.4 Å². The summed E-state index contributed by atoms with van der Waals surface area (Å²) in [5, 5.41) is 3.91. The molecule has 1 unspecified atom stereocenters. The maximum absolute atomic E-state index is 12.9. The predicted octanol–water partition coefficient (Wildman–Crippen LogP) is 4.22. The smallest absolute Gasteiger partial charge is 0.324 e. The zero-order chi connectivity index (χ0) is 22.3. The summed E-state index contributed by atoms with van der Waals surface area (Å²) in [4.78, 5) is 33.1. The first-order chi connectivity index (χ1) is 15.4. The maximum atomic E-state index is 12.9. The number of aromatic nitrogens is 1. The minimum atomic E-state index is -0.185. The fourth-order valence-electron chi connectivity index (χ4n) is 4.87. The first-order valence-electron chi connectivity index (χ1n) is 11.2. The van der Waals surface area contributed by atoms with Crippen molar-refractivity contribution >= 4 is 28.6 Å². The summed E-state index contributed by atoms with van der Waals surface area (Å²) in [7, 11) is 1.83. The number of piperidine rings is 1. The van der Waals surface area contributed by atoms with Crippen molar-refractivity contribution in [1.29, 1.82) is 0 Å². The zero-order valence-corrected chi connectivity index (χ0v) is 18.5. The van der Waals surface area contributed by atoms with Gasteiger partial charge in [0.2, 0.25) is 0 Å². The lowest BCUT2D eigenvalue weighted by atomic mass is 9.91.